The minimum atomic E-state index is 0.827. The number of benzene rings is 1. The Kier molecular flexibility index (Phi) is 3.06. The summed E-state index contributed by atoms with van der Waals surface area (Å²) in [5.74, 6) is 1.19. The molecule has 1 aliphatic heterocycles. The molecule has 0 amide bonds. The SMILES string of the molecule is c1cc2c(cc1CCNC1CC1)SCCN2. The van der Waals surface area contributed by atoms with Crippen molar-refractivity contribution in [3.05, 3.63) is 23.8 Å². The van der Waals surface area contributed by atoms with Crippen LogP contribution < -0.4 is 10.6 Å². The molecular weight excluding hydrogens is 216 g/mol. The highest BCUT2D eigenvalue weighted by atomic mass is 32.2. The Hall–Kier alpha value is -0.670. The van der Waals surface area contributed by atoms with Gasteiger partial charge in [0.2, 0.25) is 0 Å². The second-order valence-electron chi connectivity index (χ2n) is 4.58. The number of fused-ring (bicyclic) bond motifs is 1. The van der Waals surface area contributed by atoms with Gasteiger partial charge >= 0.3 is 0 Å². The van der Waals surface area contributed by atoms with Crippen molar-refractivity contribution >= 4 is 17.4 Å². The Morgan fingerprint density at radius 1 is 1.38 bits per heavy atom. The number of thioether (sulfide) groups is 1. The number of rotatable bonds is 4. The molecule has 1 aliphatic carbocycles. The highest BCUT2D eigenvalue weighted by molar-refractivity contribution is 7.99. The first-order valence-electron chi connectivity index (χ1n) is 6.15. The van der Waals surface area contributed by atoms with Crippen molar-refractivity contribution in [2.24, 2.45) is 0 Å². The monoisotopic (exact) mass is 234 g/mol. The normalized spacial score (nSPS) is 19.0. The molecule has 1 fully saturated rings. The van der Waals surface area contributed by atoms with Crippen LogP contribution in [0.25, 0.3) is 0 Å². The van der Waals surface area contributed by atoms with Crippen LogP contribution >= 0.6 is 11.8 Å². The third-order valence-corrected chi connectivity index (χ3v) is 4.20. The maximum Gasteiger partial charge on any atom is 0.0478 e. The van der Waals surface area contributed by atoms with E-state index >= 15 is 0 Å². The fraction of sp³-hybridized carbons (Fsp3) is 0.538. The molecule has 1 aromatic rings. The van der Waals surface area contributed by atoms with Gasteiger partial charge in [-0.05, 0) is 43.5 Å². The quantitative estimate of drug-likeness (QED) is 0.837. The minimum absolute atomic E-state index is 0.827. The summed E-state index contributed by atoms with van der Waals surface area (Å²) in [6, 6.07) is 7.66. The first-order chi connectivity index (χ1) is 7.92. The zero-order valence-electron chi connectivity index (χ0n) is 9.46. The van der Waals surface area contributed by atoms with Gasteiger partial charge in [0.1, 0.15) is 0 Å². The van der Waals surface area contributed by atoms with Gasteiger partial charge in [-0.15, -0.1) is 11.8 Å². The van der Waals surface area contributed by atoms with Crippen LogP contribution in [0, 0.1) is 0 Å². The lowest BCUT2D eigenvalue weighted by Gasteiger charge is -2.18. The van der Waals surface area contributed by atoms with Crippen LogP contribution in [0.15, 0.2) is 23.1 Å². The van der Waals surface area contributed by atoms with Crippen LogP contribution in [-0.2, 0) is 6.42 Å². The summed E-state index contributed by atoms with van der Waals surface area (Å²) in [6.45, 7) is 2.22. The lowest BCUT2D eigenvalue weighted by Crippen LogP contribution is -2.19. The molecule has 1 heterocycles. The summed E-state index contributed by atoms with van der Waals surface area (Å²) < 4.78 is 0. The van der Waals surface area contributed by atoms with E-state index in [4.69, 9.17) is 0 Å². The molecule has 1 aromatic carbocycles. The van der Waals surface area contributed by atoms with Gasteiger partial charge in [-0.3, -0.25) is 0 Å². The number of anilines is 1. The van der Waals surface area contributed by atoms with Gasteiger partial charge in [0.15, 0.2) is 0 Å². The molecule has 0 unspecified atom stereocenters. The van der Waals surface area contributed by atoms with Crippen molar-refractivity contribution in [3.8, 4) is 0 Å². The van der Waals surface area contributed by atoms with Crippen LogP contribution in [0.2, 0.25) is 0 Å². The van der Waals surface area contributed by atoms with Gasteiger partial charge in [0, 0.05) is 28.9 Å². The van der Waals surface area contributed by atoms with E-state index in [2.05, 4.69) is 28.8 Å². The van der Waals surface area contributed by atoms with Gasteiger partial charge in [0.05, 0.1) is 0 Å². The summed E-state index contributed by atoms with van der Waals surface area (Å²) in [5, 5.41) is 7.00. The van der Waals surface area contributed by atoms with Gasteiger partial charge in [0.25, 0.3) is 0 Å². The van der Waals surface area contributed by atoms with Crippen LogP contribution in [0.5, 0.6) is 0 Å². The predicted octanol–water partition coefficient (Wildman–Crippen LogP) is 2.50. The zero-order chi connectivity index (χ0) is 10.8. The topological polar surface area (TPSA) is 24.1 Å². The van der Waals surface area contributed by atoms with Gasteiger partial charge in [-0.25, -0.2) is 0 Å². The minimum Gasteiger partial charge on any atom is -0.383 e. The standard InChI is InChI=1S/C13H18N2S/c1-4-12-13(16-8-7-15-12)9-10(1)5-6-14-11-2-3-11/h1,4,9,11,14-15H,2-3,5-8H2. The molecule has 1 saturated carbocycles. The third-order valence-electron chi connectivity index (χ3n) is 3.15. The fourth-order valence-corrected chi connectivity index (χ4v) is 3.00. The molecule has 3 rings (SSSR count). The maximum atomic E-state index is 3.56. The Bertz CT molecular complexity index is 374. The molecule has 2 aliphatic rings. The molecule has 3 heteroatoms. The van der Waals surface area contributed by atoms with E-state index < -0.39 is 0 Å². The lowest BCUT2D eigenvalue weighted by atomic mass is 10.1. The Balaban J connectivity index is 1.60. The molecule has 86 valence electrons. The van der Waals surface area contributed by atoms with E-state index in [1.54, 1.807) is 0 Å². The number of hydrogen-bond donors (Lipinski definition) is 2. The van der Waals surface area contributed by atoms with Crippen LogP contribution in [-0.4, -0.2) is 24.9 Å². The van der Waals surface area contributed by atoms with Crippen molar-refractivity contribution in [1.29, 1.82) is 0 Å². The van der Waals surface area contributed by atoms with Crippen LogP contribution in [0.4, 0.5) is 5.69 Å². The highest BCUT2D eigenvalue weighted by Crippen LogP contribution is 2.31. The predicted molar refractivity (Wildman–Crippen MR) is 70.4 cm³/mol. The molecule has 0 atom stereocenters. The van der Waals surface area contributed by atoms with E-state index in [-0.39, 0.29) is 0 Å². The maximum absolute atomic E-state index is 3.56. The molecule has 0 spiro atoms. The van der Waals surface area contributed by atoms with Gasteiger partial charge < -0.3 is 10.6 Å². The summed E-state index contributed by atoms with van der Waals surface area (Å²) >= 11 is 1.97. The first kappa shape index (κ1) is 10.5. The second-order valence-corrected chi connectivity index (χ2v) is 5.72. The fourth-order valence-electron chi connectivity index (χ4n) is 2.04. The van der Waals surface area contributed by atoms with E-state index in [1.165, 1.54) is 34.7 Å². The zero-order valence-corrected chi connectivity index (χ0v) is 10.3. The summed E-state index contributed by atoms with van der Waals surface area (Å²) in [7, 11) is 0. The Morgan fingerprint density at radius 3 is 3.19 bits per heavy atom. The highest BCUT2D eigenvalue weighted by Gasteiger charge is 2.19. The molecule has 2 nitrogen and oxygen atoms in total. The van der Waals surface area contributed by atoms with Crippen molar-refractivity contribution in [1.82, 2.24) is 5.32 Å². The van der Waals surface area contributed by atoms with E-state index in [0.717, 1.165) is 25.6 Å². The average Bonchev–Trinajstić information content (AvgIpc) is 3.13. The second kappa shape index (κ2) is 4.68. The number of hydrogen-bond acceptors (Lipinski definition) is 3. The van der Waals surface area contributed by atoms with E-state index in [0.29, 0.717) is 0 Å². The van der Waals surface area contributed by atoms with Crippen LogP contribution in [0.1, 0.15) is 18.4 Å². The Morgan fingerprint density at radius 2 is 2.31 bits per heavy atom. The molecule has 0 bridgehead atoms. The first-order valence-corrected chi connectivity index (χ1v) is 7.13. The van der Waals surface area contributed by atoms with Crippen LogP contribution in [0.3, 0.4) is 0 Å². The van der Waals surface area contributed by atoms with Crippen molar-refractivity contribution in [2.45, 2.75) is 30.2 Å². The molecule has 0 aromatic heterocycles. The molecule has 0 radical (unpaired) electrons. The molecule has 16 heavy (non-hydrogen) atoms. The van der Waals surface area contributed by atoms with Gasteiger partial charge in [-0.2, -0.15) is 0 Å². The van der Waals surface area contributed by atoms with Gasteiger partial charge in [-0.1, -0.05) is 6.07 Å². The lowest BCUT2D eigenvalue weighted by molar-refractivity contribution is 0.681. The van der Waals surface area contributed by atoms with E-state index in [1.807, 2.05) is 11.8 Å². The summed E-state index contributed by atoms with van der Waals surface area (Å²) in [4.78, 5) is 1.43. The molecule has 0 saturated heterocycles. The summed E-state index contributed by atoms with van der Waals surface area (Å²) in [6.07, 6.45) is 3.91. The number of nitrogens with one attached hydrogen (secondary N) is 2. The third kappa shape index (κ3) is 2.53. The van der Waals surface area contributed by atoms with Crippen molar-refractivity contribution in [3.63, 3.8) is 0 Å². The van der Waals surface area contributed by atoms with E-state index in [9.17, 15) is 0 Å². The Labute approximate surface area is 101 Å². The van der Waals surface area contributed by atoms with Crippen molar-refractivity contribution < 1.29 is 0 Å². The molecular formula is C13H18N2S. The average molecular weight is 234 g/mol. The largest absolute Gasteiger partial charge is 0.383 e. The van der Waals surface area contributed by atoms with Crippen molar-refractivity contribution in [2.75, 3.05) is 24.2 Å². The summed E-state index contributed by atoms with van der Waals surface area (Å²) in [5.41, 5.74) is 2.78. The molecule has 2 N–H and O–H groups in total. The smallest absolute Gasteiger partial charge is 0.0478 e.